The third-order valence-electron chi connectivity index (χ3n) is 6.07. The van der Waals surface area contributed by atoms with E-state index in [1.165, 1.54) is 9.71 Å². The number of rotatable bonds is 4. The molecule has 1 aliphatic rings. The summed E-state index contributed by atoms with van der Waals surface area (Å²) in [5.41, 5.74) is 4.81. The van der Waals surface area contributed by atoms with Crippen LogP contribution in [0.2, 0.25) is 0 Å². The predicted octanol–water partition coefficient (Wildman–Crippen LogP) is 4.34. The minimum atomic E-state index is -0.263. The van der Waals surface area contributed by atoms with Gasteiger partial charge in [0.15, 0.2) is 0 Å². The molecule has 0 N–H and O–H groups in total. The van der Waals surface area contributed by atoms with E-state index in [4.69, 9.17) is 9.40 Å². The lowest BCUT2D eigenvalue weighted by Gasteiger charge is -2.34. The van der Waals surface area contributed by atoms with Crippen LogP contribution in [0.15, 0.2) is 51.7 Å². The molecule has 30 heavy (non-hydrogen) atoms. The summed E-state index contributed by atoms with van der Waals surface area (Å²) in [7, 11) is 0. The van der Waals surface area contributed by atoms with E-state index in [9.17, 15) is 4.79 Å². The smallest absolute Gasteiger partial charge is 0.336 e. The summed E-state index contributed by atoms with van der Waals surface area (Å²) in [6.07, 6.45) is 0. The molecule has 0 radical (unpaired) electrons. The molecule has 154 valence electrons. The SMILES string of the molecule is Cc1ccc2c(CN3CCN(Cc4nc5ccccc5s4)CC3)cc(=O)oc2c1C. The Morgan fingerprint density at radius 3 is 2.50 bits per heavy atom. The van der Waals surface area contributed by atoms with Crippen LogP contribution in [0.4, 0.5) is 0 Å². The third kappa shape index (κ3) is 3.78. The number of fused-ring (bicyclic) bond motifs is 2. The number of piperazine rings is 1. The highest BCUT2D eigenvalue weighted by atomic mass is 32.1. The van der Waals surface area contributed by atoms with E-state index < -0.39 is 0 Å². The normalized spacial score (nSPS) is 15.9. The van der Waals surface area contributed by atoms with Crippen molar-refractivity contribution in [1.29, 1.82) is 0 Å². The van der Waals surface area contributed by atoms with Crippen LogP contribution in [0.5, 0.6) is 0 Å². The summed E-state index contributed by atoms with van der Waals surface area (Å²) in [5.74, 6) is 0. The molecule has 0 bridgehead atoms. The maximum atomic E-state index is 12.1. The van der Waals surface area contributed by atoms with Crippen LogP contribution in [0.25, 0.3) is 21.2 Å². The van der Waals surface area contributed by atoms with Crippen molar-refractivity contribution in [3.63, 3.8) is 0 Å². The predicted molar refractivity (Wildman–Crippen MR) is 122 cm³/mol. The second-order valence-electron chi connectivity index (χ2n) is 8.10. The Kier molecular flexibility index (Phi) is 5.15. The first-order valence-corrected chi connectivity index (χ1v) is 11.2. The lowest BCUT2D eigenvalue weighted by atomic mass is 10.0. The van der Waals surface area contributed by atoms with Crippen molar-refractivity contribution < 1.29 is 4.42 Å². The summed E-state index contributed by atoms with van der Waals surface area (Å²) in [6, 6.07) is 14.2. The molecule has 0 amide bonds. The van der Waals surface area contributed by atoms with Gasteiger partial charge in [-0.15, -0.1) is 11.3 Å². The summed E-state index contributed by atoms with van der Waals surface area (Å²) in [5, 5.41) is 2.23. The van der Waals surface area contributed by atoms with E-state index in [1.807, 2.05) is 19.9 Å². The third-order valence-corrected chi connectivity index (χ3v) is 7.09. The van der Waals surface area contributed by atoms with Gasteiger partial charge in [0.2, 0.25) is 0 Å². The standard InChI is InChI=1S/C24H25N3O2S/c1-16-7-8-19-18(13-23(28)29-24(19)17(16)2)14-26-9-11-27(12-10-26)15-22-25-20-5-3-4-6-21(20)30-22/h3-8,13H,9-12,14-15H2,1-2H3. The molecule has 0 saturated carbocycles. The molecule has 0 spiro atoms. The van der Waals surface area contributed by atoms with Crippen molar-refractivity contribution in [3.05, 3.63) is 74.6 Å². The molecule has 2 aromatic heterocycles. The zero-order chi connectivity index (χ0) is 20.7. The number of aromatic nitrogens is 1. The van der Waals surface area contributed by atoms with Crippen LogP contribution in [0.1, 0.15) is 21.7 Å². The van der Waals surface area contributed by atoms with Gasteiger partial charge in [0, 0.05) is 44.2 Å². The molecule has 3 heterocycles. The van der Waals surface area contributed by atoms with E-state index in [-0.39, 0.29) is 5.63 Å². The number of aryl methyl sites for hydroxylation is 2. The van der Waals surface area contributed by atoms with E-state index in [0.717, 1.165) is 72.4 Å². The number of nitrogens with zero attached hydrogens (tertiary/aromatic N) is 3. The van der Waals surface area contributed by atoms with E-state index >= 15 is 0 Å². The zero-order valence-electron chi connectivity index (χ0n) is 17.4. The van der Waals surface area contributed by atoms with E-state index in [0.29, 0.717) is 0 Å². The van der Waals surface area contributed by atoms with Crippen LogP contribution in [0, 0.1) is 13.8 Å². The van der Waals surface area contributed by atoms with Gasteiger partial charge in [0.1, 0.15) is 10.6 Å². The average Bonchev–Trinajstić information content (AvgIpc) is 3.15. The molecule has 0 atom stereocenters. The number of hydrogen-bond acceptors (Lipinski definition) is 6. The van der Waals surface area contributed by atoms with Gasteiger partial charge in [-0.25, -0.2) is 9.78 Å². The van der Waals surface area contributed by atoms with Crippen LogP contribution >= 0.6 is 11.3 Å². The van der Waals surface area contributed by atoms with Crippen LogP contribution in [0.3, 0.4) is 0 Å². The van der Waals surface area contributed by atoms with Gasteiger partial charge in [-0.3, -0.25) is 9.80 Å². The Morgan fingerprint density at radius 2 is 1.73 bits per heavy atom. The van der Waals surface area contributed by atoms with Crippen molar-refractivity contribution in [3.8, 4) is 0 Å². The van der Waals surface area contributed by atoms with Gasteiger partial charge >= 0.3 is 5.63 Å². The van der Waals surface area contributed by atoms with Crippen molar-refractivity contribution in [1.82, 2.24) is 14.8 Å². The molecular formula is C24H25N3O2S. The minimum absolute atomic E-state index is 0.263. The number of thiazole rings is 1. The topological polar surface area (TPSA) is 49.6 Å². The molecule has 5 rings (SSSR count). The first kappa shape index (κ1) is 19.4. The Bertz CT molecular complexity index is 1240. The molecule has 0 aliphatic carbocycles. The molecule has 0 unspecified atom stereocenters. The minimum Gasteiger partial charge on any atom is -0.422 e. The molecule has 5 nitrogen and oxygen atoms in total. The highest BCUT2D eigenvalue weighted by Gasteiger charge is 2.20. The first-order valence-electron chi connectivity index (χ1n) is 10.4. The maximum absolute atomic E-state index is 12.1. The Hall–Kier alpha value is -2.54. The van der Waals surface area contributed by atoms with Crippen molar-refractivity contribution in [2.45, 2.75) is 26.9 Å². The first-order chi connectivity index (χ1) is 14.6. The zero-order valence-corrected chi connectivity index (χ0v) is 18.2. The van der Waals surface area contributed by atoms with Crippen molar-refractivity contribution in [2.24, 2.45) is 0 Å². The van der Waals surface area contributed by atoms with Gasteiger partial charge in [0.05, 0.1) is 16.8 Å². The van der Waals surface area contributed by atoms with E-state index in [1.54, 1.807) is 17.4 Å². The molecule has 2 aromatic carbocycles. The maximum Gasteiger partial charge on any atom is 0.336 e. The Morgan fingerprint density at radius 1 is 1.00 bits per heavy atom. The van der Waals surface area contributed by atoms with Crippen molar-refractivity contribution >= 4 is 32.5 Å². The van der Waals surface area contributed by atoms with Gasteiger partial charge in [-0.05, 0) is 42.7 Å². The molecule has 4 aromatic rings. The van der Waals surface area contributed by atoms with E-state index in [2.05, 4.69) is 40.1 Å². The fourth-order valence-electron chi connectivity index (χ4n) is 4.18. The number of hydrogen-bond donors (Lipinski definition) is 0. The summed E-state index contributed by atoms with van der Waals surface area (Å²) >= 11 is 1.79. The van der Waals surface area contributed by atoms with Crippen LogP contribution in [-0.2, 0) is 13.1 Å². The molecule has 1 fully saturated rings. The van der Waals surface area contributed by atoms with Gasteiger partial charge < -0.3 is 4.42 Å². The fourth-order valence-corrected chi connectivity index (χ4v) is 5.19. The molecular weight excluding hydrogens is 394 g/mol. The van der Waals surface area contributed by atoms with Crippen LogP contribution < -0.4 is 5.63 Å². The van der Waals surface area contributed by atoms with Crippen molar-refractivity contribution in [2.75, 3.05) is 26.2 Å². The van der Waals surface area contributed by atoms with Crippen LogP contribution in [-0.4, -0.2) is 41.0 Å². The Labute approximate surface area is 179 Å². The largest absolute Gasteiger partial charge is 0.422 e. The van der Waals surface area contributed by atoms with Gasteiger partial charge in [0.25, 0.3) is 0 Å². The van der Waals surface area contributed by atoms with Gasteiger partial charge in [-0.1, -0.05) is 24.3 Å². The second kappa shape index (κ2) is 7.95. The highest BCUT2D eigenvalue weighted by Crippen LogP contribution is 2.25. The average molecular weight is 420 g/mol. The fraction of sp³-hybridized carbons (Fsp3) is 0.333. The second-order valence-corrected chi connectivity index (χ2v) is 9.22. The van der Waals surface area contributed by atoms with Gasteiger partial charge in [-0.2, -0.15) is 0 Å². The summed E-state index contributed by atoms with van der Waals surface area (Å²) in [4.78, 5) is 21.8. The molecule has 1 saturated heterocycles. The summed E-state index contributed by atoms with van der Waals surface area (Å²) in [6.45, 7) is 9.73. The highest BCUT2D eigenvalue weighted by molar-refractivity contribution is 7.18. The Balaban J connectivity index is 1.27. The quantitative estimate of drug-likeness (QED) is 0.461. The lowest BCUT2D eigenvalue weighted by Crippen LogP contribution is -2.45. The molecule has 6 heteroatoms. The monoisotopic (exact) mass is 419 g/mol. The molecule has 1 aliphatic heterocycles. The lowest BCUT2D eigenvalue weighted by molar-refractivity contribution is 0.122. The summed E-state index contributed by atoms with van der Waals surface area (Å²) < 4.78 is 6.78. The number of benzene rings is 2. The number of para-hydroxylation sites is 1.